The summed E-state index contributed by atoms with van der Waals surface area (Å²) in [7, 11) is 0. The van der Waals surface area contributed by atoms with E-state index >= 15 is 0 Å². The normalized spacial score (nSPS) is 11.7. The number of carboxylic acid groups (broad SMARTS) is 1. The molecule has 52 heavy (non-hydrogen) atoms. The van der Waals surface area contributed by atoms with E-state index in [0.29, 0.717) is 18.1 Å². The number of fused-ring (bicyclic) bond motifs is 1. The first-order valence-corrected chi connectivity index (χ1v) is 17.8. The minimum Gasteiger partial charge on any atom is -0.476 e. The van der Waals surface area contributed by atoms with Crippen LogP contribution in [-0.2, 0) is 18.5 Å². The predicted molar refractivity (Wildman–Crippen MR) is 203 cm³/mol. The quantitative estimate of drug-likeness (QED) is 0.138. The van der Waals surface area contributed by atoms with Gasteiger partial charge in [-0.15, -0.1) is 15.0 Å². The van der Waals surface area contributed by atoms with Crippen molar-refractivity contribution in [1.29, 1.82) is 0 Å². The van der Waals surface area contributed by atoms with Gasteiger partial charge in [-0.3, -0.25) is 0 Å². The van der Waals surface area contributed by atoms with Crippen LogP contribution in [0.4, 0.5) is 0 Å². The second kappa shape index (κ2) is 13.7. The SMILES string of the molecule is CCc1nc(Cl)c(C(=O)O)n1Cc1c2ccocc-2c(Br)c1-c1ccccc1-c1nnn(C(c2ccccc2)(c2ccccc2)c2ccccc2)n1. The molecule has 11 heteroatoms. The number of halogens is 2. The van der Waals surface area contributed by atoms with E-state index in [1.54, 1.807) is 21.9 Å². The van der Waals surface area contributed by atoms with Gasteiger partial charge in [0.2, 0.25) is 5.82 Å². The Bertz CT molecular complexity index is 2400. The molecule has 3 heterocycles. The number of benzene rings is 4. The Morgan fingerprint density at radius 3 is 1.96 bits per heavy atom. The van der Waals surface area contributed by atoms with Crippen molar-refractivity contribution in [3.8, 4) is 33.6 Å². The van der Waals surface area contributed by atoms with Crippen LogP contribution in [-0.4, -0.2) is 40.8 Å². The van der Waals surface area contributed by atoms with Gasteiger partial charge in [0.15, 0.2) is 16.4 Å². The Morgan fingerprint density at radius 2 is 1.38 bits per heavy atom. The summed E-state index contributed by atoms with van der Waals surface area (Å²) in [5.74, 6) is -0.165. The van der Waals surface area contributed by atoms with Gasteiger partial charge in [0, 0.05) is 27.6 Å². The molecule has 1 N–H and O–H groups in total. The summed E-state index contributed by atoms with van der Waals surface area (Å²) >= 11 is 10.3. The van der Waals surface area contributed by atoms with Crippen molar-refractivity contribution in [3.05, 3.63) is 177 Å². The fourth-order valence-electron chi connectivity index (χ4n) is 7.16. The van der Waals surface area contributed by atoms with E-state index in [1.807, 2.05) is 91.9 Å². The number of tetrazole rings is 1. The molecule has 0 saturated carbocycles. The molecule has 8 rings (SSSR count). The molecular weight excluding hydrogens is 740 g/mol. The largest absolute Gasteiger partial charge is 0.476 e. The molecule has 1 aliphatic heterocycles. The van der Waals surface area contributed by atoms with Gasteiger partial charge in [-0.1, -0.05) is 134 Å². The average molecular weight is 770 g/mol. The van der Waals surface area contributed by atoms with Gasteiger partial charge < -0.3 is 14.1 Å². The molecule has 256 valence electrons. The van der Waals surface area contributed by atoms with Crippen molar-refractivity contribution < 1.29 is 14.3 Å². The van der Waals surface area contributed by atoms with Crippen LogP contribution in [0.5, 0.6) is 0 Å². The number of nitrogens with zero attached hydrogens (tertiary/aromatic N) is 6. The van der Waals surface area contributed by atoms with Crippen molar-refractivity contribution in [1.82, 2.24) is 29.8 Å². The Kier molecular flexibility index (Phi) is 8.78. The lowest BCUT2D eigenvalue weighted by molar-refractivity contribution is 0.0685. The van der Waals surface area contributed by atoms with E-state index in [2.05, 4.69) is 57.3 Å². The molecule has 0 atom stereocenters. The van der Waals surface area contributed by atoms with Crippen molar-refractivity contribution in [3.63, 3.8) is 0 Å². The highest BCUT2D eigenvalue weighted by molar-refractivity contribution is 9.10. The number of aryl methyl sites for hydroxylation is 1. The molecule has 0 amide bonds. The monoisotopic (exact) mass is 768 g/mol. The molecule has 2 aliphatic rings. The highest BCUT2D eigenvalue weighted by atomic mass is 79.9. The Labute approximate surface area is 312 Å². The fourth-order valence-corrected chi connectivity index (χ4v) is 8.20. The minimum absolute atomic E-state index is 0.0456. The van der Waals surface area contributed by atoms with Crippen LogP contribution in [0, 0.1) is 0 Å². The van der Waals surface area contributed by atoms with E-state index < -0.39 is 11.5 Å². The number of aromatic nitrogens is 6. The first-order valence-electron chi connectivity index (χ1n) is 16.6. The van der Waals surface area contributed by atoms with Crippen LogP contribution >= 0.6 is 27.5 Å². The maximum absolute atomic E-state index is 12.4. The number of hydrogen-bond donors (Lipinski definition) is 1. The standard InChI is InChI=1S/C41H30BrClN6O3/c1-2-34-44-38(43)37(40(50)51)48(34)24-32-29-22-23-52-25-33(29)36(42)35(32)30-20-12-13-21-31(30)39-45-47-49(46-39)41(26-14-6-3-7-15-26,27-16-8-4-9-17-27)28-18-10-5-11-19-28/h3-23,25H,2,24H2,1H3,(H,50,51). The molecule has 0 spiro atoms. The van der Waals surface area contributed by atoms with E-state index in [1.165, 1.54) is 0 Å². The predicted octanol–water partition coefficient (Wildman–Crippen LogP) is 9.47. The van der Waals surface area contributed by atoms with Gasteiger partial charge in [-0.2, -0.15) is 0 Å². The molecule has 2 aromatic heterocycles. The zero-order chi connectivity index (χ0) is 35.8. The summed E-state index contributed by atoms with van der Waals surface area (Å²) < 4.78 is 8.07. The molecule has 0 bridgehead atoms. The van der Waals surface area contributed by atoms with Gasteiger partial charge in [0.25, 0.3) is 0 Å². The molecule has 9 nitrogen and oxygen atoms in total. The highest BCUT2D eigenvalue weighted by Crippen LogP contribution is 2.49. The lowest BCUT2D eigenvalue weighted by Gasteiger charge is -2.34. The summed E-state index contributed by atoms with van der Waals surface area (Å²) in [4.78, 5) is 18.5. The van der Waals surface area contributed by atoms with Crippen molar-refractivity contribution in [2.75, 3.05) is 0 Å². The van der Waals surface area contributed by atoms with Gasteiger partial charge >= 0.3 is 5.97 Å². The smallest absolute Gasteiger partial charge is 0.355 e. The number of rotatable bonds is 10. The summed E-state index contributed by atoms with van der Waals surface area (Å²) in [5.41, 5.74) is 6.89. The Morgan fingerprint density at radius 1 is 0.808 bits per heavy atom. The third kappa shape index (κ3) is 5.42. The lowest BCUT2D eigenvalue weighted by Crippen LogP contribution is -2.39. The maximum Gasteiger partial charge on any atom is 0.355 e. The molecular formula is C41H30BrClN6O3. The number of hydrogen-bond acceptors (Lipinski definition) is 6. The topological polar surface area (TPSA) is 112 Å². The van der Waals surface area contributed by atoms with Crippen molar-refractivity contribution >= 4 is 33.5 Å². The van der Waals surface area contributed by atoms with Gasteiger partial charge in [-0.05, 0) is 60.6 Å². The van der Waals surface area contributed by atoms with Crippen LogP contribution in [0.2, 0.25) is 5.15 Å². The number of aromatic carboxylic acids is 1. The van der Waals surface area contributed by atoms with Crippen LogP contribution in [0.3, 0.4) is 0 Å². The van der Waals surface area contributed by atoms with Crippen LogP contribution in [0.15, 0.2) is 143 Å². The highest BCUT2D eigenvalue weighted by Gasteiger charge is 2.41. The van der Waals surface area contributed by atoms with Gasteiger partial charge in [-0.25, -0.2) is 9.78 Å². The van der Waals surface area contributed by atoms with Crippen molar-refractivity contribution in [2.45, 2.75) is 25.4 Å². The number of carboxylic acids is 1. The fraction of sp³-hybridized carbons (Fsp3) is 0.0976. The third-order valence-electron chi connectivity index (χ3n) is 9.44. The van der Waals surface area contributed by atoms with E-state index in [-0.39, 0.29) is 17.4 Å². The summed E-state index contributed by atoms with van der Waals surface area (Å²) in [6.45, 7) is 2.11. The molecule has 0 fully saturated rings. The lowest BCUT2D eigenvalue weighted by atomic mass is 9.77. The molecule has 0 unspecified atom stereocenters. The molecule has 0 saturated heterocycles. The Balaban J connectivity index is 1.35. The van der Waals surface area contributed by atoms with Crippen molar-refractivity contribution in [2.24, 2.45) is 0 Å². The first kappa shape index (κ1) is 33.3. The van der Waals surface area contributed by atoms with E-state index in [0.717, 1.165) is 54.5 Å². The second-order valence-corrected chi connectivity index (χ2v) is 13.4. The molecule has 0 radical (unpaired) electrons. The number of carbonyl (C=O) groups is 1. The minimum atomic E-state index is -1.15. The van der Waals surface area contributed by atoms with Crippen LogP contribution in [0.1, 0.15) is 45.5 Å². The van der Waals surface area contributed by atoms with E-state index in [9.17, 15) is 9.90 Å². The van der Waals surface area contributed by atoms with Crippen LogP contribution < -0.4 is 0 Å². The molecule has 4 aromatic carbocycles. The van der Waals surface area contributed by atoms with Crippen LogP contribution in [0.25, 0.3) is 33.6 Å². The second-order valence-electron chi connectivity index (χ2n) is 12.2. The Hall–Kier alpha value is -5.84. The third-order valence-corrected chi connectivity index (χ3v) is 10.5. The number of imidazole rings is 1. The maximum atomic E-state index is 12.4. The molecule has 1 aliphatic carbocycles. The zero-order valence-corrected chi connectivity index (χ0v) is 30.2. The summed E-state index contributed by atoms with van der Waals surface area (Å²) in [5, 5.41) is 24.8. The average Bonchev–Trinajstić information content (AvgIpc) is 3.88. The van der Waals surface area contributed by atoms with Gasteiger partial charge in [0.1, 0.15) is 5.82 Å². The summed E-state index contributed by atoms with van der Waals surface area (Å²) in [6.07, 6.45) is 3.78. The summed E-state index contributed by atoms with van der Waals surface area (Å²) in [6, 6.07) is 40.3. The van der Waals surface area contributed by atoms with Gasteiger partial charge in [0.05, 0.1) is 19.1 Å². The first-order chi connectivity index (χ1) is 25.4. The van der Waals surface area contributed by atoms with E-state index in [4.69, 9.17) is 31.4 Å². The molecule has 6 aromatic rings. The zero-order valence-electron chi connectivity index (χ0n) is 27.8.